The maximum Gasteiger partial charge on any atom is 0.00136 e. The number of halogens is 1. The van der Waals surface area contributed by atoms with Crippen LogP contribution in [0.4, 0.5) is 0 Å². The molecule has 0 heterocycles. The Kier molecular flexibility index (Phi) is 3.41. The Bertz CT molecular complexity index is 516. The standard InChI is InChI=1S/C20H29I/c1-13-8-10-19(2)14(12-13)4-5-15-16-6-7-18(21)20(16,3)11-9-17(15)19/h4,7,13,15-17H,5-6,8-12H2,1-3H3/t13-,15?,16?,17?,19-,20-/m0/s1. The van der Waals surface area contributed by atoms with Crippen molar-refractivity contribution < 1.29 is 0 Å². The van der Waals surface area contributed by atoms with Gasteiger partial charge in [-0.05, 0) is 100 Å². The van der Waals surface area contributed by atoms with Crippen molar-refractivity contribution in [2.24, 2.45) is 34.5 Å². The van der Waals surface area contributed by atoms with E-state index in [0.29, 0.717) is 10.8 Å². The van der Waals surface area contributed by atoms with Crippen LogP contribution in [0.2, 0.25) is 0 Å². The van der Waals surface area contributed by atoms with Gasteiger partial charge in [0, 0.05) is 5.41 Å². The third-order valence-corrected chi connectivity index (χ3v) is 9.51. The summed E-state index contributed by atoms with van der Waals surface area (Å²) in [7, 11) is 0. The molecule has 0 aromatic rings. The molecule has 4 aliphatic rings. The summed E-state index contributed by atoms with van der Waals surface area (Å²) in [5.74, 6) is 3.77. The highest BCUT2D eigenvalue weighted by molar-refractivity contribution is 14.1. The summed E-state index contributed by atoms with van der Waals surface area (Å²) < 4.78 is 1.67. The molecule has 0 amide bonds. The average Bonchev–Trinajstić information content (AvgIpc) is 2.76. The fourth-order valence-corrected chi connectivity index (χ4v) is 7.28. The third-order valence-electron chi connectivity index (χ3n) is 7.84. The first-order valence-corrected chi connectivity index (χ1v) is 10.1. The van der Waals surface area contributed by atoms with Gasteiger partial charge in [-0.1, -0.05) is 38.5 Å². The monoisotopic (exact) mass is 396 g/mol. The largest absolute Gasteiger partial charge is 0.0845 e. The van der Waals surface area contributed by atoms with E-state index in [4.69, 9.17) is 0 Å². The van der Waals surface area contributed by atoms with Gasteiger partial charge in [0.15, 0.2) is 0 Å². The van der Waals surface area contributed by atoms with Gasteiger partial charge >= 0.3 is 0 Å². The van der Waals surface area contributed by atoms with E-state index in [1.165, 1.54) is 44.9 Å². The molecule has 1 heteroatoms. The zero-order valence-electron chi connectivity index (χ0n) is 13.8. The lowest BCUT2D eigenvalue weighted by atomic mass is 9.47. The molecule has 116 valence electrons. The zero-order chi connectivity index (χ0) is 14.8. The fraction of sp³-hybridized carbons (Fsp3) is 0.800. The zero-order valence-corrected chi connectivity index (χ0v) is 15.9. The SMILES string of the molecule is C[C@H]1CC[C@@]2(C)C(=CCC3C2CC[C@]2(C)C(I)=CCC32)C1. The molecule has 0 nitrogen and oxygen atoms in total. The summed E-state index contributed by atoms with van der Waals surface area (Å²) in [6.07, 6.45) is 15.2. The maximum atomic E-state index is 2.69. The van der Waals surface area contributed by atoms with Crippen LogP contribution < -0.4 is 0 Å². The molecule has 0 saturated heterocycles. The highest BCUT2D eigenvalue weighted by atomic mass is 127. The highest BCUT2D eigenvalue weighted by Gasteiger charge is 2.56. The van der Waals surface area contributed by atoms with Crippen molar-refractivity contribution in [3.63, 3.8) is 0 Å². The van der Waals surface area contributed by atoms with E-state index in [9.17, 15) is 0 Å². The Labute approximate surface area is 144 Å². The summed E-state index contributed by atoms with van der Waals surface area (Å²) in [6, 6.07) is 0. The first-order valence-electron chi connectivity index (χ1n) is 9.01. The lowest BCUT2D eigenvalue weighted by Crippen LogP contribution is -2.49. The number of fused-ring (bicyclic) bond motifs is 5. The second-order valence-corrected chi connectivity index (χ2v) is 10.0. The van der Waals surface area contributed by atoms with E-state index in [1.54, 1.807) is 3.58 Å². The van der Waals surface area contributed by atoms with Crippen molar-refractivity contribution in [1.82, 2.24) is 0 Å². The quantitative estimate of drug-likeness (QED) is 0.323. The summed E-state index contributed by atoms with van der Waals surface area (Å²) >= 11 is 2.64. The topological polar surface area (TPSA) is 0 Å². The van der Waals surface area contributed by atoms with Crippen LogP contribution in [-0.4, -0.2) is 0 Å². The highest BCUT2D eigenvalue weighted by Crippen LogP contribution is 2.65. The molecular weight excluding hydrogens is 367 g/mol. The Balaban J connectivity index is 1.68. The second kappa shape index (κ2) is 4.85. The molecule has 0 aliphatic heterocycles. The van der Waals surface area contributed by atoms with Crippen molar-refractivity contribution in [1.29, 1.82) is 0 Å². The predicted molar refractivity (Wildman–Crippen MR) is 98.4 cm³/mol. The normalized spacial score (nSPS) is 52.4. The lowest BCUT2D eigenvalue weighted by Gasteiger charge is -2.57. The van der Waals surface area contributed by atoms with Crippen LogP contribution in [0.3, 0.4) is 0 Å². The van der Waals surface area contributed by atoms with Crippen LogP contribution >= 0.6 is 22.6 Å². The molecule has 0 bridgehead atoms. The summed E-state index contributed by atoms with van der Waals surface area (Å²) in [5.41, 5.74) is 2.91. The first-order chi connectivity index (χ1) is 9.95. The molecule has 21 heavy (non-hydrogen) atoms. The Morgan fingerprint density at radius 3 is 2.57 bits per heavy atom. The average molecular weight is 396 g/mol. The third kappa shape index (κ3) is 1.98. The van der Waals surface area contributed by atoms with Crippen molar-refractivity contribution in [3.05, 3.63) is 21.3 Å². The van der Waals surface area contributed by atoms with E-state index in [0.717, 1.165) is 23.7 Å². The molecule has 6 atom stereocenters. The molecule has 0 N–H and O–H groups in total. The van der Waals surface area contributed by atoms with E-state index >= 15 is 0 Å². The van der Waals surface area contributed by atoms with Crippen LogP contribution in [0.25, 0.3) is 0 Å². The number of hydrogen-bond acceptors (Lipinski definition) is 0. The Hall–Kier alpha value is 0.210. The minimum Gasteiger partial charge on any atom is -0.0845 e. The smallest absolute Gasteiger partial charge is 0.00136 e. The summed E-state index contributed by atoms with van der Waals surface area (Å²) in [5, 5.41) is 0. The molecule has 0 radical (unpaired) electrons. The van der Waals surface area contributed by atoms with Gasteiger partial charge in [0.2, 0.25) is 0 Å². The van der Waals surface area contributed by atoms with Gasteiger partial charge in [-0.2, -0.15) is 0 Å². The van der Waals surface area contributed by atoms with Crippen LogP contribution in [0.1, 0.15) is 65.7 Å². The van der Waals surface area contributed by atoms with Gasteiger partial charge in [-0.3, -0.25) is 0 Å². The minimum atomic E-state index is 0.519. The van der Waals surface area contributed by atoms with Crippen LogP contribution in [-0.2, 0) is 0 Å². The summed E-state index contributed by atoms with van der Waals surface area (Å²) in [6.45, 7) is 7.63. The van der Waals surface area contributed by atoms with Crippen molar-refractivity contribution >= 4 is 22.6 Å². The summed E-state index contributed by atoms with van der Waals surface area (Å²) in [4.78, 5) is 0. The molecule has 0 aromatic heterocycles. The molecule has 4 aliphatic carbocycles. The number of hydrogen-bond donors (Lipinski definition) is 0. The first kappa shape index (κ1) is 14.8. The van der Waals surface area contributed by atoms with Gasteiger partial charge in [-0.25, -0.2) is 0 Å². The van der Waals surface area contributed by atoms with E-state index in [1.807, 2.05) is 5.57 Å². The van der Waals surface area contributed by atoms with E-state index in [2.05, 4.69) is 55.5 Å². The Morgan fingerprint density at radius 2 is 1.76 bits per heavy atom. The van der Waals surface area contributed by atoms with Crippen LogP contribution in [0.5, 0.6) is 0 Å². The van der Waals surface area contributed by atoms with Gasteiger partial charge in [0.25, 0.3) is 0 Å². The number of allylic oxidation sites excluding steroid dienone is 4. The molecular formula is C20H29I. The fourth-order valence-electron chi connectivity index (χ4n) is 6.36. The maximum absolute atomic E-state index is 2.69. The molecule has 4 rings (SSSR count). The van der Waals surface area contributed by atoms with E-state index in [-0.39, 0.29) is 0 Å². The van der Waals surface area contributed by atoms with E-state index < -0.39 is 0 Å². The molecule has 2 fully saturated rings. The minimum absolute atomic E-state index is 0.519. The van der Waals surface area contributed by atoms with Gasteiger partial charge in [0.1, 0.15) is 0 Å². The molecule has 3 unspecified atom stereocenters. The van der Waals surface area contributed by atoms with Crippen molar-refractivity contribution in [2.45, 2.75) is 65.7 Å². The predicted octanol–water partition coefficient (Wildman–Crippen LogP) is 6.51. The van der Waals surface area contributed by atoms with Crippen molar-refractivity contribution in [2.75, 3.05) is 0 Å². The number of rotatable bonds is 0. The van der Waals surface area contributed by atoms with Gasteiger partial charge in [0.05, 0.1) is 0 Å². The lowest BCUT2D eigenvalue weighted by molar-refractivity contribution is -0.0173. The second-order valence-electron chi connectivity index (χ2n) is 8.85. The molecule has 0 spiro atoms. The molecule has 2 saturated carbocycles. The van der Waals surface area contributed by atoms with Crippen LogP contribution in [0, 0.1) is 34.5 Å². The van der Waals surface area contributed by atoms with Gasteiger partial charge < -0.3 is 0 Å². The Morgan fingerprint density at radius 1 is 1.00 bits per heavy atom. The van der Waals surface area contributed by atoms with Crippen molar-refractivity contribution in [3.8, 4) is 0 Å². The molecule has 0 aromatic carbocycles. The van der Waals surface area contributed by atoms with Gasteiger partial charge in [-0.15, -0.1) is 0 Å². The van der Waals surface area contributed by atoms with Crippen LogP contribution in [0.15, 0.2) is 21.3 Å².